The van der Waals surface area contributed by atoms with Crippen LogP contribution in [0, 0.1) is 5.92 Å². The standard InChI is InChI=1S/C31H38/c1-8-9-14-24(21-12-10-11-13-21)29-27-19-22(30(2,3)4)15-17-25(27)26-18-16-23(20-28(26)29)31(5,6)7/h8,10-12,15-20,24,29H,1,9,13-14H2,2-7H3. The van der Waals surface area contributed by atoms with E-state index in [9.17, 15) is 0 Å². The van der Waals surface area contributed by atoms with Gasteiger partial charge >= 0.3 is 0 Å². The zero-order valence-corrected chi connectivity index (χ0v) is 20.3. The van der Waals surface area contributed by atoms with Gasteiger partial charge in [-0.1, -0.05) is 108 Å². The second-order valence-electron chi connectivity index (χ2n) is 11.4. The lowest BCUT2D eigenvalue weighted by atomic mass is 9.74. The molecule has 2 aliphatic rings. The molecule has 0 fully saturated rings. The van der Waals surface area contributed by atoms with E-state index in [1.807, 2.05) is 0 Å². The fraction of sp³-hybridized carbons (Fsp3) is 0.419. The molecule has 2 aromatic rings. The number of fused-ring (bicyclic) bond motifs is 3. The Hall–Kier alpha value is -2.34. The molecule has 0 heterocycles. The normalized spacial score (nSPS) is 16.8. The van der Waals surface area contributed by atoms with Crippen molar-refractivity contribution in [1.82, 2.24) is 0 Å². The molecule has 2 aromatic carbocycles. The van der Waals surface area contributed by atoms with Crippen LogP contribution in [0.5, 0.6) is 0 Å². The number of benzene rings is 2. The molecule has 0 radical (unpaired) electrons. The highest BCUT2D eigenvalue weighted by Crippen LogP contribution is 2.53. The van der Waals surface area contributed by atoms with E-state index in [0.717, 1.165) is 19.3 Å². The molecule has 1 atom stereocenters. The van der Waals surface area contributed by atoms with Crippen LogP contribution in [0.1, 0.15) is 89.0 Å². The summed E-state index contributed by atoms with van der Waals surface area (Å²) in [6, 6.07) is 14.5. The van der Waals surface area contributed by atoms with E-state index >= 15 is 0 Å². The number of allylic oxidation sites excluding steroid dienone is 5. The highest BCUT2D eigenvalue weighted by atomic mass is 14.4. The van der Waals surface area contributed by atoms with Crippen LogP contribution >= 0.6 is 0 Å². The van der Waals surface area contributed by atoms with Crippen molar-refractivity contribution in [2.24, 2.45) is 5.92 Å². The Kier molecular flexibility index (Phi) is 5.63. The summed E-state index contributed by atoms with van der Waals surface area (Å²) in [5.74, 6) is 0.930. The third-order valence-electron chi connectivity index (χ3n) is 7.16. The predicted octanol–water partition coefficient (Wildman–Crippen LogP) is 8.86. The monoisotopic (exact) mass is 410 g/mol. The number of hydrogen-bond acceptors (Lipinski definition) is 0. The van der Waals surface area contributed by atoms with Crippen molar-refractivity contribution in [2.45, 2.75) is 77.6 Å². The quantitative estimate of drug-likeness (QED) is 0.432. The van der Waals surface area contributed by atoms with E-state index in [1.54, 1.807) is 5.57 Å². The summed E-state index contributed by atoms with van der Waals surface area (Å²) in [7, 11) is 0. The zero-order valence-electron chi connectivity index (χ0n) is 20.3. The lowest BCUT2D eigenvalue weighted by Crippen LogP contribution is -2.17. The average Bonchev–Trinajstić information content (AvgIpc) is 3.33. The highest BCUT2D eigenvalue weighted by molar-refractivity contribution is 5.80. The minimum absolute atomic E-state index is 0.149. The summed E-state index contributed by atoms with van der Waals surface area (Å²) in [6.45, 7) is 18.0. The van der Waals surface area contributed by atoms with Crippen molar-refractivity contribution >= 4 is 0 Å². The van der Waals surface area contributed by atoms with Gasteiger partial charge in [0.2, 0.25) is 0 Å². The summed E-state index contributed by atoms with van der Waals surface area (Å²) in [5, 5.41) is 0. The molecule has 0 N–H and O–H groups in total. The fourth-order valence-corrected chi connectivity index (χ4v) is 5.27. The Labute approximate surface area is 189 Å². The Morgan fingerprint density at radius 2 is 1.45 bits per heavy atom. The van der Waals surface area contributed by atoms with Crippen molar-refractivity contribution < 1.29 is 0 Å². The molecule has 0 amide bonds. The Morgan fingerprint density at radius 3 is 1.87 bits per heavy atom. The molecule has 31 heavy (non-hydrogen) atoms. The average molecular weight is 411 g/mol. The van der Waals surface area contributed by atoms with Crippen LogP contribution < -0.4 is 0 Å². The summed E-state index contributed by atoms with van der Waals surface area (Å²) < 4.78 is 0. The smallest absolute Gasteiger partial charge is 0.0168 e. The summed E-state index contributed by atoms with van der Waals surface area (Å²) in [6.07, 6.45) is 12.3. The van der Waals surface area contributed by atoms with Crippen molar-refractivity contribution in [2.75, 3.05) is 0 Å². The molecule has 0 nitrogen and oxygen atoms in total. The highest BCUT2D eigenvalue weighted by Gasteiger charge is 2.37. The number of rotatable bonds is 5. The molecule has 0 saturated heterocycles. The van der Waals surface area contributed by atoms with Crippen molar-refractivity contribution in [3.63, 3.8) is 0 Å². The molecule has 0 heteroatoms. The van der Waals surface area contributed by atoms with Crippen LogP contribution in [0.15, 0.2) is 72.9 Å². The van der Waals surface area contributed by atoms with Crippen LogP contribution in [0.25, 0.3) is 11.1 Å². The van der Waals surface area contributed by atoms with Gasteiger partial charge in [0.1, 0.15) is 0 Å². The molecule has 2 aliphatic carbocycles. The Bertz CT molecular complexity index is 983. The molecule has 162 valence electrons. The molecule has 0 spiro atoms. The van der Waals surface area contributed by atoms with E-state index in [4.69, 9.17) is 0 Å². The van der Waals surface area contributed by atoms with Gasteiger partial charge in [-0.15, -0.1) is 6.58 Å². The van der Waals surface area contributed by atoms with Gasteiger partial charge in [0.25, 0.3) is 0 Å². The van der Waals surface area contributed by atoms with Gasteiger partial charge in [-0.05, 0) is 69.4 Å². The topological polar surface area (TPSA) is 0 Å². The van der Waals surface area contributed by atoms with Gasteiger partial charge in [-0.3, -0.25) is 0 Å². The van der Waals surface area contributed by atoms with E-state index in [1.165, 1.54) is 33.4 Å². The largest absolute Gasteiger partial charge is 0.103 e. The van der Waals surface area contributed by atoms with Crippen LogP contribution in [-0.2, 0) is 10.8 Å². The molecule has 4 rings (SSSR count). The van der Waals surface area contributed by atoms with Crippen LogP contribution in [0.2, 0.25) is 0 Å². The molecular weight excluding hydrogens is 372 g/mol. The summed E-state index contributed by atoms with van der Waals surface area (Å²) >= 11 is 0. The molecule has 0 bridgehead atoms. The van der Waals surface area contributed by atoms with Gasteiger partial charge in [0.05, 0.1) is 0 Å². The van der Waals surface area contributed by atoms with Gasteiger partial charge in [0.15, 0.2) is 0 Å². The zero-order chi connectivity index (χ0) is 22.4. The first-order chi connectivity index (χ1) is 14.6. The van der Waals surface area contributed by atoms with E-state index in [-0.39, 0.29) is 10.8 Å². The number of hydrogen-bond donors (Lipinski definition) is 0. The Morgan fingerprint density at radius 1 is 0.903 bits per heavy atom. The van der Waals surface area contributed by atoms with Gasteiger partial charge < -0.3 is 0 Å². The minimum atomic E-state index is 0.149. The third-order valence-corrected chi connectivity index (χ3v) is 7.16. The second kappa shape index (κ2) is 7.97. The maximum atomic E-state index is 4.03. The van der Waals surface area contributed by atoms with Crippen molar-refractivity contribution in [3.8, 4) is 11.1 Å². The molecule has 1 unspecified atom stereocenters. The lowest BCUT2D eigenvalue weighted by Gasteiger charge is -2.29. The fourth-order valence-electron chi connectivity index (χ4n) is 5.27. The van der Waals surface area contributed by atoms with E-state index in [2.05, 4.69) is 109 Å². The maximum absolute atomic E-state index is 4.03. The van der Waals surface area contributed by atoms with Crippen molar-refractivity contribution in [1.29, 1.82) is 0 Å². The molecular formula is C31H38. The second-order valence-corrected chi connectivity index (χ2v) is 11.4. The van der Waals surface area contributed by atoms with Crippen LogP contribution in [0.4, 0.5) is 0 Å². The first-order valence-electron chi connectivity index (χ1n) is 11.9. The predicted molar refractivity (Wildman–Crippen MR) is 136 cm³/mol. The van der Waals surface area contributed by atoms with E-state index in [0.29, 0.717) is 11.8 Å². The first kappa shape index (κ1) is 21.9. The third kappa shape index (κ3) is 4.10. The maximum Gasteiger partial charge on any atom is 0.0168 e. The molecule has 0 aromatic heterocycles. The summed E-state index contributed by atoms with van der Waals surface area (Å²) in [5.41, 5.74) is 10.7. The lowest BCUT2D eigenvalue weighted by molar-refractivity contribution is 0.501. The SMILES string of the molecule is C=CCCC(C1=CC=CC1)C1c2cc(C(C)(C)C)ccc2-c2ccc(C(C)(C)C)cc21. The minimum Gasteiger partial charge on any atom is -0.103 e. The van der Waals surface area contributed by atoms with Crippen LogP contribution in [0.3, 0.4) is 0 Å². The van der Waals surface area contributed by atoms with Gasteiger partial charge in [-0.25, -0.2) is 0 Å². The Balaban J connectivity index is 1.92. The van der Waals surface area contributed by atoms with Crippen LogP contribution in [-0.4, -0.2) is 0 Å². The molecule has 0 saturated carbocycles. The first-order valence-corrected chi connectivity index (χ1v) is 11.9. The van der Waals surface area contributed by atoms with E-state index < -0.39 is 0 Å². The molecule has 0 aliphatic heterocycles. The summed E-state index contributed by atoms with van der Waals surface area (Å²) in [4.78, 5) is 0. The van der Waals surface area contributed by atoms with Gasteiger partial charge in [0, 0.05) is 5.92 Å². The van der Waals surface area contributed by atoms with Gasteiger partial charge in [-0.2, -0.15) is 0 Å². The van der Waals surface area contributed by atoms with Crippen molar-refractivity contribution in [3.05, 3.63) is 95.1 Å².